The summed E-state index contributed by atoms with van der Waals surface area (Å²) in [6, 6.07) is 18.0. The predicted molar refractivity (Wildman–Crippen MR) is 114 cm³/mol. The summed E-state index contributed by atoms with van der Waals surface area (Å²) in [5, 5.41) is 7.52. The molecule has 0 saturated heterocycles. The molecule has 1 aliphatic rings. The second-order valence-corrected chi connectivity index (χ2v) is 9.67. The molecule has 0 spiro atoms. The normalized spacial score (nSPS) is 14.1. The van der Waals surface area contributed by atoms with Crippen LogP contribution in [0.2, 0.25) is 0 Å². The average molecular weight is 425 g/mol. The van der Waals surface area contributed by atoms with Gasteiger partial charge in [-0.05, 0) is 42.7 Å². The Balaban J connectivity index is 1.61. The molecular weight excluding hydrogens is 400 g/mol. The lowest BCUT2D eigenvalue weighted by molar-refractivity contribution is 0.0942. The minimum Gasteiger partial charge on any atom is -0.347 e. The first-order valence-corrected chi connectivity index (χ1v) is 11.3. The highest BCUT2D eigenvalue weighted by Gasteiger charge is 2.29. The highest BCUT2D eigenvalue weighted by Crippen LogP contribution is 2.39. The van der Waals surface area contributed by atoms with Crippen LogP contribution in [-0.4, -0.2) is 42.5 Å². The lowest BCUT2D eigenvalue weighted by atomic mass is 10.2. The van der Waals surface area contributed by atoms with Crippen molar-refractivity contribution in [3.63, 3.8) is 0 Å². The van der Waals surface area contributed by atoms with Crippen molar-refractivity contribution in [2.45, 2.75) is 30.2 Å². The van der Waals surface area contributed by atoms with Crippen molar-refractivity contribution in [2.75, 3.05) is 14.1 Å². The Hall–Kier alpha value is -2.97. The molecule has 0 atom stereocenters. The number of carbonyl (C=O) groups is 1. The monoisotopic (exact) mass is 424 g/mol. The summed E-state index contributed by atoms with van der Waals surface area (Å²) >= 11 is 0. The average Bonchev–Trinajstić information content (AvgIpc) is 3.51. The number of nitrogens with zero attached hydrogens (tertiary/aromatic N) is 3. The van der Waals surface area contributed by atoms with Gasteiger partial charge < -0.3 is 5.32 Å². The van der Waals surface area contributed by atoms with Gasteiger partial charge in [-0.25, -0.2) is 17.4 Å². The summed E-state index contributed by atoms with van der Waals surface area (Å²) in [6.07, 6.45) is 2.17. The van der Waals surface area contributed by atoms with Gasteiger partial charge in [0.2, 0.25) is 10.0 Å². The van der Waals surface area contributed by atoms with E-state index in [2.05, 4.69) is 10.4 Å². The van der Waals surface area contributed by atoms with Crippen LogP contribution in [0.4, 0.5) is 0 Å². The molecule has 1 fully saturated rings. The molecule has 156 valence electrons. The zero-order valence-electron chi connectivity index (χ0n) is 16.9. The molecule has 1 aromatic heterocycles. The Morgan fingerprint density at radius 1 is 1.10 bits per heavy atom. The van der Waals surface area contributed by atoms with E-state index in [-0.39, 0.29) is 17.3 Å². The van der Waals surface area contributed by atoms with E-state index < -0.39 is 10.0 Å². The third-order valence-electron chi connectivity index (χ3n) is 5.13. The van der Waals surface area contributed by atoms with Crippen molar-refractivity contribution in [3.05, 3.63) is 77.6 Å². The third-order valence-corrected chi connectivity index (χ3v) is 7.04. The van der Waals surface area contributed by atoms with Crippen LogP contribution in [-0.2, 0) is 16.6 Å². The molecule has 4 rings (SSSR count). The third kappa shape index (κ3) is 4.01. The number of para-hydroxylation sites is 1. The molecule has 1 saturated carbocycles. The number of hydrogen-bond acceptors (Lipinski definition) is 4. The SMILES string of the molecule is CN(C)S(=O)(=O)c1ccccc1CNC(=O)c1cc(C2CC2)nn1-c1ccccc1. The zero-order valence-corrected chi connectivity index (χ0v) is 17.8. The van der Waals surface area contributed by atoms with Crippen LogP contribution in [0.5, 0.6) is 0 Å². The predicted octanol–water partition coefficient (Wildman–Crippen LogP) is 2.93. The van der Waals surface area contributed by atoms with Gasteiger partial charge in [-0.15, -0.1) is 0 Å². The number of aromatic nitrogens is 2. The van der Waals surface area contributed by atoms with Gasteiger partial charge in [0.25, 0.3) is 5.91 Å². The molecule has 0 unspecified atom stereocenters. The first-order valence-electron chi connectivity index (χ1n) is 9.82. The first kappa shape index (κ1) is 20.3. The van der Waals surface area contributed by atoms with Crippen LogP contribution >= 0.6 is 0 Å². The topological polar surface area (TPSA) is 84.3 Å². The number of hydrogen-bond donors (Lipinski definition) is 1. The fourth-order valence-electron chi connectivity index (χ4n) is 3.27. The number of carbonyl (C=O) groups excluding carboxylic acids is 1. The van der Waals surface area contributed by atoms with Gasteiger partial charge in [-0.1, -0.05) is 36.4 Å². The fraction of sp³-hybridized carbons (Fsp3) is 0.273. The van der Waals surface area contributed by atoms with Crippen molar-refractivity contribution in [3.8, 4) is 5.69 Å². The highest BCUT2D eigenvalue weighted by molar-refractivity contribution is 7.89. The van der Waals surface area contributed by atoms with E-state index in [9.17, 15) is 13.2 Å². The maximum Gasteiger partial charge on any atom is 0.270 e. The maximum absolute atomic E-state index is 13.0. The minimum absolute atomic E-state index is 0.0980. The summed E-state index contributed by atoms with van der Waals surface area (Å²) < 4.78 is 28.0. The Labute approximate surface area is 176 Å². The van der Waals surface area contributed by atoms with E-state index in [0.717, 1.165) is 24.2 Å². The van der Waals surface area contributed by atoms with Crippen molar-refractivity contribution in [2.24, 2.45) is 0 Å². The zero-order chi connectivity index (χ0) is 21.3. The molecular formula is C22H24N4O3S. The van der Waals surface area contributed by atoms with Gasteiger partial charge in [0.15, 0.2) is 0 Å². The highest BCUT2D eigenvalue weighted by atomic mass is 32.2. The lowest BCUT2D eigenvalue weighted by Crippen LogP contribution is -2.28. The minimum atomic E-state index is -3.61. The number of nitrogens with one attached hydrogen (secondary N) is 1. The Kier molecular flexibility index (Phi) is 5.44. The molecule has 7 nitrogen and oxygen atoms in total. The van der Waals surface area contributed by atoms with Crippen LogP contribution < -0.4 is 5.32 Å². The molecule has 3 aromatic rings. The van der Waals surface area contributed by atoms with Gasteiger partial charge in [-0.2, -0.15) is 5.10 Å². The van der Waals surface area contributed by atoms with Crippen LogP contribution in [0.1, 0.15) is 40.5 Å². The molecule has 0 bridgehead atoms. The molecule has 1 N–H and O–H groups in total. The summed E-state index contributed by atoms with van der Waals surface area (Å²) in [4.78, 5) is 13.2. The summed E-state index contributed by atoms with van der Waals surface area (Å²) in [5.74, 6) is 0.114. The summed E-state index contributed by atoms with van der Waals surface area (Å²) in [5.41, 5.74) is 2.70. The molecule has 1 aliphatic carbocycles. The Morgan fingerprint density at radius 2 is 1.77 bits per heavy atom. The Morgan fingerprint density at radius 3 is 2.43 bits per heavy atom. The second-order valence-electron chi connectivity index (χ2n) is 7.55. The fourth-order valence-corrected chi connectivity index (χ4v) is 4.39. The van der Waals surface area contributed by atoms with Crippen molar-refractivity contribution >= 4 is 15.9 Å². The summed E-state index contributed by atoms with van der Waals surface area (Å²) in [7, 11) is -0.628. The van der Waals surface area contributed by atoms with Crippen molar-refractivity contribution < 1.29 is 13.2 Å². The number of sulfonamides is 1. The van der Waals surface area contributed by atoms with Crippen molar-refractivity contribution in [1.29, 1.82) is 0 Å². The van der Waals surface area contributed by atoms with E-state index in [4.69, 9.17) is 0 Å². The Bertz CT molecular complexity index is 1170. The van der Waals surface area contributed by atoms with Gasteiger partial charge in [-0.3, -0.25) is 4.79 Å². The molecule has 2 aromatic carbocycles. The van der Waals surface area contributed by atoms with Gasteiger partial charge in [0, 0.05) is 26.6 Å². The van der Waals surface area contributed by atoms with Crippen LogP contribution in [0.3, 0.4) is 0 Å². The first-order chi connectivity index (χ1) is 14.4. The smallest absolute Gasteiger partial charge is 0.270 e. The molecule has 8 heteroatoms. The number of benzene rings is 2. The largest absolute Gasteiger partial charge is 0.347 e. The summed E-state index contributed by atoms with van der Waals surface area (Å²) in [6.45, 7) is 0.0980. The van der Waals surface area contributed by atoms with E-state index in [1.54, 1.807) is 28.9 Å². The molecule has 0 aliphatic heterocycles. The van der Waals surface area contributed by atoms with E-state index >= 15 is 0 Å². The number of amides is 1. The van der Waals surface area contributed by atoms with Gasteiger partial charge >= 0.3 is 0 Å². The quantitative estimate of drug-likeness (QED) is 0.632. The number of rotatable bonds is 7. The second kappa shape index (κ2) is 8.04. The van der Waals surface area contributed by atoms with Gasteiger partial charge in [0.05, 0.1) is 16.3 Å². The molecule has 30 heavy (non-hydrogen) atoms. The van der Waals surface area contributed by atoms with E-state index in [0.29, 0.717) is 17.2 Å². The van der Waals surface area contributed by atoms with Crippen LogP contribution in [0.15, 0.2) is 65.6 Å². The lowest BCUT2D eigenvalue weighted by Gasteiger charge is -2.15. The molecule has 1 heterocycles. The molecule has 0 radical (unpaired) electrons. The van der Waals surface area contributed by atoms with Crippen LogP contribution in [0.25, 0.3) is 5.69 Å². The van der Waals surface area contributed by atoms with E-state index in [1.165, 1.54) is 18.4 Å². The van der Waals surface area contributed by atoms with Gasteiger partial charge in [0.1, 0.15) is 5.69 Å². The van der Waals surface area contributed by atoms with Crippen molar-refractivity contribution in [1.82, 2.24) is 19.4 Å². The van der Waals surface area contributed by atoms with Crippen LogP contribution in [0, 0.1) is 0 Å². The maximum atomic E-state index is 13.0. The molecule has 1 amide bonds. The van der Waals surface area contributed by atoms with E-state index in [1.807, 2.05) is 36.4 Å². The standard InChI is InChI=1S/C22H24N4O3S/c1-25(2)30(28,29)21-11-7-6-8-17(21)15-23-22(27)20-14-19(16-12-13-16)24-26(20)18-9-4-3-5-10-18/h3-11,14,16H,12-13,15H2,1-2H3,(H,23,27).